The summed E-state index contributed by atoms with van der Waals surface area (Å²) in [7, 11) is 0. The molecule has 0 radical (unpaired) electrons. The lowest BCUT2D eigenvalue weighted by molar-refractivity contribution is 0.591. The van der Waals surface area contributed by atoms with E-state index in [2.05, 4.69) is 266 Å². The van der Waals surface area contributed by atoms with Crippen LogP contribution in [0.4, 0.5) is 17.1 Å². The van der Waals surface area contributed by atoms with E-state index in [0.29, 0.717) is 0 Å². The highest BCUT2D eigenvalue weighted by atomic mass is 16.3. The van der Waals surface area contributed by atoms with Crippen molar-refractivity contribution in [2.45, 2.75) is 32.1 Å². The van der Waals surface area contributed by atoms with Gasteiger partial charge in [0.25, 0.3) is 0 Å². The van der Waals surface area contributed by atoms with Crippen LogP contribution >= 0.6 is 0 Å². The molecule has 10 aromatic carbocycles. The van der Waals surface area contributed by atoms with Crippen molar-refractivity contribution in [3.8, 4) is 50.2 Å². The van der Waals surface area contributed by atoms with Gasteiger partial charge in [0.05, 0.1) is 16.7 Å². The summed E-state index contributed by atoms with van der Waals surface area (Å²) in [5.41, 5.74) is 23.8. The zero-order chi connectivity index (χ0) is 47.9. The van der Waals surface area contributed by atoms with E-state index in [1.165, 1.54) is 94.1 Å². The molecule has 0 unspecified atom stereocenters. The number of anilines is 3. The zero-order valence-corrected chi connectivity index (χ0v) is 40.3. The monoisotopic (exact) mass is 922 g/mol. The van der Waals surface area contributed by atoms with Gasteiger partial charge in [-0.05, 0) is 136 Å². The summed E-state index contributed by atoms with van der Waals surface area (Å²) in [5, 5.41) is 3.67. The Bertz CT molecular complexity index is 4080. The average Bonchev–Trinajstić information content (AvgIpc) is 4.07. The van der Waals surface area contributed by atoms with E-state index in [-0.39, 0.29) is 5.41 Å². The van der Waals surface area contributed by atoms with Gasteiger partial charge in [0.1, 0.15) is 11.3 Å². The third-order valence-electron chi connectivity index (χ3n) is 15.5. The molecule has 2 aliphatic rings. The van der Waals surface area contributed by atoms with E-state index in [1.807, 2.05) is 0 Å². The number of furan rings is 1. The lowest BCUT2D eigenvalue weighted by Crippen LogP contribution is -2.16. The second-order valence-corrected chi connectivity index (χ2v) is 19.9. The van der Waals surface area contributed by atoms with Crippen molar-refractivity contribution in [1.82, 2.24) is 4.57 Å². The first-order chi connectivity index (χ1) is 35.5. The first-order valence-electron chi connectivity index (χ1n) is 25.2. The van der Waals surface area contributed by atoms with Gasteiger partial charge in [-0.1, -0.05) is 184 Å². The predicted molar refractivity (Wildman–Crippen MR) is 301 cm³/mol. The number of hydrogen-bond acceptors (Lipinski definition) is 2. The van der Waals surface area contributed by atoms with Gasteiger partial charge in [0.2, 0.25) is 0 Å². The van der Waals surface area contributed by atoms with Crippen LogP contribution in [0.15, 0.2) is 247 Å². The molecule has 2 heterocycles. The number of benzene rings is 10. The van der Waals surface area contributed by atoms with Gasteiger partial charge in [-0.2, -0.15) is 0 Å². The first-order valence-corrected chi connectivity index (χ1v) is 25.2. The molecule has 2 aromatic heterocycles. The van der Waals surface area contributed by atoms with E-state index in [0.717, 1.165) is 52.4 Å². The number of aromatic nitrogens is 1. The fourth-order valence-corrected chi connectivity index (χ4v) is 12.0. The molecule has 3 nitrogen and oxygen atoms in total. The summed E-state index contributed by atoms with van der Waals surface area (Å²) in [6, 6.07) is 86.8. The van der Waals surface area contributed by atoms with Crippen molar-refractivity contribution in [3.63, 3.8) is 0 Å². The van der Waals surface area contributed by atoms with E-state index < -0.39 is 0 Å². The molecular formula is C69H50N2O. The van der Waals surface area contributed by atoms with Crippen molar-refractivity contribution >= 4 is 55.4 Å². The van der Waals surface area contributed by atoms with Gasteiger partial charge in [-0.3, -0.25) is 0 Å². The Labute approximate surface area is 420 Å². The van der Waals surface area contributed by atoms with Crippen molar-refractivity contribution in [2.75, 3.05) is 4.90 Å². The SMILES string of the molecule is CC1(C)c2ccccc2-c2c(N(c3ccc(C4=CCCc5c4oc4ccccc54)cc3)c3ccc(-c4ccc5c(c4)c4cc(-c6ccccc6)cc(-c6ccccc6)c4n5-c4ccccc4)cc3)cccc21. The Balaban J connectivity index is 0.916. The molecule has 14 rings (SSSR count). The lowest BCUT2D eigenvalue weighted by Gasteiger charge is -2.29. The van der Waals surface area contributed by atoms with Crippen LogP contribution in [0.2, 0.25) is 0 Å². The minimum atomic E-state index is -0.134. The van der Waals surface area contributed by atoms with Crippen molar-refractivity contribution in [2.24, 2.45) is 0 Å². The van der Waals surface area contributed by atoms with E-state index >= 15 is 0 Å². The number of rotatable bonds is 8. The number of para-hydroxylation sites is 2. The van der Waals surface area contributed by atoms with Gasteiger partial charge >= 0.3 is 0 Å². The summed E-state index contributed by atoms with van der Waals surface area (Å²) in [6.07, 6.45) is 4.33. The molecule has 0 spiro atoms. The zero-order valence-electron chi connectivity index (χ0n) is 40.3. The highest BCUT2D eigenvalue weighted by Crippen LogP contribution is 2.54. The molecule has 2 aliphatic carbocycles. The van der Waals surface area contributed by atoms with Gasteiger partial charge in [-0.25, -0.2) is 0 Å². The summed E-state index contributed by atoms with van der Waals surface area (Å²) in [5.74, 6) is 0.999. The van der Waals surface area contributed by atoms with Crippen LogP contribution in [0.5, 0.6) is 0 Å². The minimum Gasteiger partial charge on any atom is -0.456 e. The Morgan fingerprint density at radius 1 is 0.458 bits per heavy atom. The number of allylic oxidation sites excluding steroid dienone is 1. The number of nitrogens with zero attached hydrogens (tertiary/aromatic N) is 2. The van der Waals surface area contributed by atoms with Crippen LogP contribution in [0.3, 0.4) is 0 Å². The molecule has 0 atom stereocenters. The second-order valence-electron chi connectivity index (χ2n) is 19.9. The van der Waals surface area contributed by atoms with Crippen LogP contribution in [0.1, 0.15) is 48.3 Å². The molecule has 3 heteroatoms. The van der Waals surface area contributed by atoms with Crippen LogP contribution in [0.25, 0.3) is 88.5 Å². The Morgan fingerprint density at radius 3 is 1.83 bits per heavy atom. The molecule has 0 saturated heterocycles. The van der Waals surface area contributed by atoms with E-state index in [9.17, 15) is 0 Å². The maximum absolute atomic E-state index is 6.56. The van der Waals surface area contributed by atoms with Crippen molar-refractivity contribution < 1.29 is 4.42 Å². The van der Waals surface area contributed by atoms with Gasteiger partial charge in [0, 0.05) is 60.9 Å². The highest BCUT2D eigenvalue weighted by Gasteiger charge is 2.38. The summed E-state index contributed by atoms with van der Waals surface area (Å²) in [4.78, 5) is 2.46. The highest BCUT2D eigenvalue weighted by molar-refractivity contribution is 6.16. The molecule has 0 bridgehead atoms. The smallest absolute Gasteiger partial charge is 0.138 e. The predicted octanol–water partition coefficient (Wildman–Crippen LogP) is 18.7. The number of fused-ring (bicyclic) bond motifs is 9. The largest absolute Gasteiger partial charge is 0.456 e. The Morgan fingerprint density at radius 2 is 1.07 bits per heavy atom. The normalized spacial score (nSPS) is 13.5. The third-order valence-corrected chi connectivity index (χ3v) is 15.5. The van der Waals surface area contributed by atoms with E-state index in [4.69, 9.17) is 4.42 Å². The fourth-order valence-electron chi connectivity index (χ4n) is 12.0. The summed E-state index contributed by atoms with van der Waals surface area (Å²) in [6.45, 7) is 4.72. The molecule has 0 aliphatic heterocycles. The van der Waals surface area contributed by atoms with Crippen LogP contribution < -0.4 is 4.90 Å². The molecule has 0 amide bonds. The second kappa shape index (κ2) is 16.6. The minimum absolute atomic E-state index is 0.134. The first kappa shape index (κ1) is 42.0. The Hall–Kier alpha value is -8.92. The molecular weight excluding hydrogens is 873 g/mol. The lowest BCUT2D eigenvalue weighted by atomic mass is 9.82. The van der Waals surface area contributed by atoms with Crippen LogP contribution in [-0.4, -0.2) is 4.57 Å². The summed E-state index contributed by atoms with van der Waals surface area (Å²) < 4.78 is 9.01. The third kappa shape index (κ3) is 6.65. The molecule has 12 aromatic rings. The maximum atomic E-state index is 6.56. The van der Waals surface area contributed by atoms with Crippen LogP contribution in [-0.2, 0) is 11.8 Å². The number of aryl methyl sites for hydroxylation is 1. The topological polar surface area (TPSA) is 21.3 Å². The molecule has 0 saturated carbocycles. The Kier molecular flexibility index (Phi) is 9.69. The van der Waals surface area contributed by atoms with Crippen molar-refractivity contribution in [1.29, 1.82) is 0 Å². The quantitative estimate of drug-likeness (QED) is 0.151. The fraction of sp³-hybridized carbons (Fsp3) is 0.0725. The van der Waals surface area contributed by atoms with Gasteiger partial charge in [0.15, 0.2) is 0 Å². The summed E-state index contributed by atoms with van der Waals surface area (Å²) >= 11 is 0. The maximum Gasteiger partial charge on any atom is 0.138 e. The molecule has 0 N–H and O–H groups in total. The van der Waals surface area contributed by atoms with Crippen molar-refractivity contribution in [3.05, 3.63) is 271 Å². The van der Waals surface area contributed by atoms with Gasteiger partial charge < -0.3 is 13.9 Å². The standard InChI is InChI=1S/C69H50N2O/c1-69(2)61-28-14-12-25-57(61)66-62(69)29-17-30-64(66)70(53-39-34-48(35-40-53)54-26-16-27-56-55-24-13-15-31-65(55)72-68(54)56)52-37-32-46(33-38-52)49-36-41-63-59(42-49)60-44-50(45-18-6-3-7-19-45)43-58(47-20-8-4-9-21-47)67(60)71(63)51-22-10-5-11-23-51/h3-15,17-26,28-44H,16,27H2,1-2H3. The van der Waals surface area contributed by atoms with Crippen LogP contribution in [0, 0.1) is 0 Å². The van der Waals surface area contributed by atoms with E-state index in [1.54, 1.807) is 0 Å². The molecule has 342 valence electrons. The average molecular weight is 923 g/mol. The van der Waals surface area contributed by atoms with Gasteiger partial charge in [-0.15, -0.1) is 0 Å². The molecule has 72 heavy (non-hydrogen) atoms. The molecule has 0 fully saturated rings. The number of hydrogen-bond donors (Lipinski definition) is 0.